The second kappa shape index (κ2) is 7.17. The molecule has 2 atom stereocenters. The predicted molar refractivity (Wildman–Crippen MR) is 62.9 cm³/mol. The van der Waals surface area contributed by atoms with Gasteiger partial charge in [-0.15, -0.1) is 0 Å². The van der Waals surface area contributed by atoms with Crippen LogP contribution in [-0.2, 0) is 11.3 Å². The molecular weight excluding hydrogens is 204 g/mol. The molecule has 0 unspecified atom stereocenters. The summed E-state index contributed by atoms with van der Waals surface area (Å²) in [4.78, 5) is 0. The Balaban J connectivity index is 2.25. The fourth-order valence-electron chi connectivity index (χ4n) is 1.30. The van der Waals surface area contributed by atoms with E-state index in [9.17, 15) is 10.2 Å². The molecule has 0 saturated carbocycles. The molecule has 0 bridgehead atoms. The van der Waals surface area contributed by atoms with Crippen LogP contribution in [0.4, 0.5) is 0 Å². The zero-order valence-corrected chi connectivity index (χ0v) is 9.41. The van der Waals surface area contributed by atoms with E-state index in [1.807, 2.05) is 30.3 Å². The van der Waals surface area contributed by atoms with Crippen molar-refractivity contribution in [1.29, 1.82) is 0 Å². The molecule has 0 radical (unpaired) electrons. The van der Waals surface area contributed by atoms with Crippen molar-refractivity contribution in [2.24, 2.45) is 0 Å². The Kier molecular flexibility index (Phi) is 5.78. The molecule has 0 aromatic heterocycles. The van der Waals surface area contributed by atoms with Gasteiger partial charge < -0.3 is 14.9 Å². The highest BCUT2D eigenvalue weighted by molar-refractivity contribution is 5.13. The van der Waals surface area contributed by atoms with Crippen molar-refractivity contribution in [2.45, 2.75) is 25.7 Å². The van der Waals surface area contributed by atoms with E-state index < -0.39 is 12.2 Å². The number of hydrogen-bond donors (Lipinski definition) is 2. The van der Waals surface area contributed by atoms with Gasteiger partial charge in [0.1, 0.15) is 12.2 Å². The van der Waals surface area contributed by atoms with Crippen LogP contribution in [0.5, 0.6) is 0 Å². The van der Waals surface area contributed by atoms with Gasteiger partial charge >= 0.3 is 0 Å². The number of hydrogen-bond acceptors (Lipinski definition) is 3. The Morgan fingerprint density at radius 3 is 2.56 bits per heavy atom. The summed E-state index contributed by atoms with van der Waals surface area (Å²) in [6, 6.07) is 9.71. The fourth-order valence-corrected chi connectivity index (χ4v) is 1.30. The molecule has 2 N–H and O–H groups in total. The van der Waals surface area contributed by atoms with Gasteiger partial charge in [-0.25, -0.2) is 0 Å². The molecule has 1 aromatic rings. The van der Waals surface area contributed by atoms with E-state index in [1.165, 1.54) is 6.08 Å². The first-order valence-electron chi connectivity index (χ1n) is 5.34. The smallest absolute Gasteiger partial charge is 0.107 e. The van der Waals surface area contributed by atoms with Gasteiger partial charge in [0, 0.05) is 0 Å². The summed E-state index contributed by atoms with van der Waals surface area (Å²) in [6.07, 6.45) is 1.50. The summed E-state index contributed by atoms with van der Waals surface area (Å²) < 4.78 is 5.31. The summed E-state index contributed by atoms with van der Waals surface area (Å²) in [5.74, 6) is 0. The minimum atomic E-state index is -0.875. The molecule has 0 heterocycles. The quantitative estimate of drug-likeness (QED) is 0.717. The highest BCUT2D eigenvalue weighted by Crippen LogP contribution is 2.02. The first-order chi connectivity index (χ1) is 7.74. The van der Waals surface area contributed by atoms with Crippen LogP contribution in [0.15, 0.2) is 42.5 Å². The number of benzene rings is 1. The molecule has 0 aliphatic carbocycles. The zero-order valence-electron chi connectivity index (χ0n) is 9.41. The van der Waals surface area contributed by atoms with Gasteiger partial charge in [-0.05, 0) is 12.5 Å². The Morgan fingerprint density at radius 2 is 1.94 bits per heavy atom. The summed E-state index contributed by atoms with van der Waals surface area (Å²) >= 11 is 0. The topological polar surface area (TPSA) is 49.7 Å². The molecule has 0 spiro atoms. The molecular formula is C13H18O3. The van der Waals surface area contributed by atoms with Crippen LogP contribution in [-0.4, -0.2) is 29.0 Å². The van der Waals surface area contributed by atoms with E-state index >= 15 is 0 Å². The molecule has 0 saturated heterocycles. The number of aliphatic hydroxyl groups excluding tert-OH is 2. The second-order valence-corrected chi connectivity index (χ2v) is 3.58. The van der Waals surface area contributed by atoms with Gasteiger partial charge in [0.15, 0.2) is 0 Å². The molecule has 1 aromatic carbocycles. The van der Waals surface area contributed by atoms with Crippen LogP contribution >= 0.6 is 0 Å². The lowest BCUT2D eigenvalue weighted by Crippen LogP contribution is -2.28. The number of aliphatic hydroxyl groups is 2. The molecule has 1 rings (SSSR count). The minimum absolute atomic E-state index is 0.125. The monoisotopic (exact) mass is 222 g/mol. The summed E-state index contributed by atoms with van der Waals surface area (Å²) in [6.45, 7) is 2.36. The van der Waals surface area contributed by atoms with Crippen LogP contribution in [0.1, 0.15) is 12.5 Å². The van der Waals surface area contributed by atoms with Gasteiger partial charge in [0.05, 0.1) is 13.2 Å². The molecule has 3 nitrogen and oxygen atoms in total. The van der Waals surface area contributed by atoms with Gasteiger partial charge in [-0.1, -0.05) is 42.5 Å². The lowest BCUT2D eigenvalue weighted by Gasteiger charge is -2.14. The average Bonchev–Trinajstić information content (AvgIpc) is 2.30. The lowest BCUT2D eigenvalue weighted by atomic mass is 10.2. The van der Waals surface area contributed by atoms with Crippen molar-refractivity contribution in [3.05, 3.63) is 48.0 Å². The summed E-state index contributed by atoms with van der Waals surface area (Å²) in [5, 5.41) is 18.9. The van der Waals surface area contributed by atoms with Crippen molar-refractivity contribution < 1.29 is 14.9 Å². The first kappa shape index (κ1) is 12.9. The van der Waals surface area contributed by atoms with Crippen LogP contribution in [0.2, 0.25) is 0 Å². The predicted octanol–water partition coefficient (Wildman–Crippen LogP) is 1.50. The largest absolute Gasteiger partial charge is 0.388 e. The van der Waals surface area contributed by atoms with Crippen LogP contribution < -0.4 is 0 Å². The number of allylic oxidation sites excluding steroid dienone is 1. The number of ether oxygens (including phenoxy) is 1. The summed E-state index contributed by atoms with van der Waals surface area (Å²) in [7, 11) is 0. The third-order valence-corrected chi connectivity index (χ3v) is 2.18. The van der Waals surface area contributed by atoms with Gasteiger partial charge in [0.2, 0.25) is 0 Å². The third-order valence-electron chi connectivity index (χ3n) is 2.18. The molecule has 0 fully saturated rings. The summed E-state index contributed by atoms with van der Waals surface area (Å²) in [5.41, 5.74) is 1.05. The standard InChI is InChI=1S/C13H18O3/c1-2-6-12(14)13(15)10-16-9-11-7-4-3-5-8-11/h2-8,12-15H,9-10H2,1H3/b6-2-/t12-,13-/m1/s1. The first-order valence-corrected chi connectivity index (χ1v) is 5.34. The molecule has 0 aliphatic rings. The average molecular weight is 222 g/mol. The minimum Gasteiger partial charge on any atom is -0.388 e. The zero-order chi connectivity index (χ0) is 11.8. The van der Waals surface area contributed by atoms with Crippen molar-refractivity contribution >= 4 is 0 Å². The Labute approximate surface area is 96.0 Å². The number of rotatable bonds is 6. The van der Waals surface area contributed by atoms with Crippen LogP contribution in [0, 0.1) is 0 Å². The Morgan fingerprint density at radius 1 is 1.25 bits per heavy atom. The van der Waals surface area contributed by atoms with E-state index in [1.54, 1.807) is 13.0 Å². The maximum absolute atomic E-state index is 9.50. The van der Waals surface area contributed by atoms with Crippen molar-refractivity contribution in [3.8, 4) is 0 Å². The van der Waals surface area contributed by atoms with E-state index in [0.717, 1.165) is 5.56 Å². The van der Waals surface area contributed by atoms with Crippen molar-refractivity contribution in [2.75, 3.05) is 6.61 Å². The maximum atomic E-state index is 9.50. The molecule has 88 valence electrons. The highest BCUT2D eigenvalue weighted by atomic mass is 16.5. The van der Waals surface area contributed by atoms with Gasteiger partial charge in [-0.3, -0.25) is 0 Å². The van der Waals surface area contributed by atoms with Crippen molar-refractivity contribution in [1.82, 2.24) is 0 Å². The van der Waals surface area contributed by atoms with Crippen LogP contribution in [0.25, 0.3) is 0 Å². The Bertz CT molecular complexity index is 308. The molecule has 0 aliphatic heterocycles. The molecule has 16 heavy (non-hydrogen) atoms. The van der Waals surface area contributed by atoms with E-state index in [-0.39, 0.29) is 6.61 Å². The Hall–Kier alpha value is -1.16. The van der Waals surface area contributed by atoms with Gasteiger partial charge in [0.25, 0.3) is 0 Å². The van der Waals surface area contributed by atoms with E-state index in [0.29, 0.717) is 6.61 Å². The van der Waals surface area contributed by atoms with Gasteiger partial charge in [-0.2, -0.15) is 0 Å². The fraction of sp³-hybridized carbons (Fsp3) is 0.385. The molecule has 0 amide bonds. The SMILES string of the molecule is C/C=C\[C@@H](O)[C@H](O)COCc1ccccc1. The van der Waals surface area contributed by atoms with E-state index in [2.05, 4.69) is 0 Å². The maximum Gasteiger partial charge on any atom is 0.107 e. The second-order valence-electron chi connectivity index (χ2n) is 3.58. The highest BCUT2D eigenvalue weighted by Gasteiger charge is 2.12. The van der Waals surface area contributed by atoms with Crippen LogP contribution in [0.3, 0.4) is 0 Å². The van der Waals surface area contributed by atoms with E-state index in [4.69, 9.17) is 4.74 Å². The normalized spacial score (nSPS) is 15.2. The molecule has 3 heteroatoms. The van der Waals surface area contributed by atoms with Crippen molar-refractivity contribution in [3.63, 3.8) is 0 Å². The third kappa shape index (κ3) is 4.57. The lowest BCUT2D eigenvalue weighted by molar-refractivity contribution is -0.0248.